The highest BCUT2D eigenvalue weighted by Gasteiger charge is 2.30. The molecular weight excluding hydrogens is 322 g/mol. The predicted molar refractivity (Wildman–Crippen MR) is 86.6 cm³/mol. The molecule has 0 aliphatic carbocycles. The molecule has 2 rings (SSSR count). The summed E-state index contributed by atoms with van der Waals surface area (Å²) in [5.41, 5.74) is -0.743. The average Bonchev–Trinajstić information content (AvgIpc) is 3.04. The molecule has 0 saturated heterocycles. The van der Waals surface area contributed by atoms with E-state index in [9.17, 15) is 13.5 Å². The standard InChI is InChI=1S/C15H21NO4S2/c1-5-12-6-7-14(21-12)22(18,19)16-9-15(4,17)13-8-10(2)20-11(13)3/h6-8,16-17H,5,9H2,1-4H3. The minimum atomic E-state index is -3.62. The Hall–Kier alpha value is -1.15. The fourth-order valence-corrected chi connectivity index (χ4v) is 4.73. The molecule has 0 radical (unpaired) electrons. The normalized spacial score (nSPS) is 15.0. The first-order valence-electron chi connectivity index (χ1n) is 7.04. The monoisotopic (exact) mass is 343 g/mol. The van der Waals surface area contributed by atoms with Crippen molar-refractivity contribution in [3.63, 3.8) is 0 Å². The van der Waals surface area contributed by atoms with Gasteiger partial charge in [0.15, 0.2) is 0 Å². The molecule has 0 saturated carbocycles. The highest BCUT2D eigenvalue weighted by molar-refractivity contribution is 7.91. The molecule has 1 atom stereocenters. The highest BCUT2D eigenvalue weighted by atomic mass is 32.2. The summed E-state index contributed by atoms with van der Waals surface area (Å²) >= 11 is 1.24. The summed E-state index contributed by atoms with van der Waals surface area (Å²) in [6, 6.07) is 5.12. The molecule has 5 nitrogen and oxygen atoms in total. The Bertz CT molecular complexity index is 756. The van der Waals surface area contributed by atoms with Gasteiger partial charge < -0.3 is 9.52 Å². The number of thiophene rings is 1. The van der Waals surface area contributed by atoms with Crippen molar-refractivity contribution in [2.45, 2.75) is 43.9 Å². The average molecular weight is 343 g/mol. The molecular formula is C15H21NO4S2. The molecule has 2 aromatic rings. The zero-order valence-corrected chi connectivity index (χ0v) is 14.8. The molecule has 2 aromatic heterocycles. The second-order valence-electron chi connectivity index (χ2n) is 5.50. The smallest absolute Gasteiger partial charge is 0.250 e. The van der Waals surface area contributed by atoms with E-state index in [0.29, 0.717) is 17.1 Å². The summed E-state index contributed by atoms with van der Waals surface area (Å²) < 4.78 is 32.7. The molecule has 7 heteroatoms. The summed E-state index contributed by atoms with van der Waals surface area (Å²) in [6.07, 6.45) is 0.797. The fraction of sp³-hybridized carbons (Fsp3) is 0.467. The van der Waals surface area contributed by atoms with Crippen molar-refractivity contribution in [1.82, 2.24) is 4.72 Å². The second kappa shape index (κ2) is 6.16. The van der Waals surface area contributed by atoms with Gasteiger partial charge in [-0.15, -0.1) is 11.3 Å². The van der Waals surface area contributed by atoms with Crippen LogP contribution in [0.15, 0.2) is 26.8 Å². The van der Waals surface area contributed by atoms with Crippen LogP contribution in [0, 0.1) is 13.8 Å². The number of aryl methyl sites for hydroxylation is 3. The van der Waals surface area contributed by atoms with Gasteiger partial charge >= 0.3 is 0 Å². The Morgan fingerprint density at radius 1 is 1.36 bits per heavy atom. The van der Waals surface area contributed by atoms with E-state index in [1.165, 1.54) is 11.3 Å². The van der Waals surface area contributed by atoms with Crippen molar-refractivity contribution < 1.29 is 17.9 Å². The Kier molecular flexibility index (Phi) is 4.81. The number of aliphatic hydroxyl groups is 1. The Morgan fingerprint density at radius 3 is 2.55 bits per heavy atom. The first kappa shape index (κ1) is 17.2. The molecule has 1 unspecified atom stereocenters. The first-order chi connectivity index (χ1) is 10.2. The lowest BCUT2D eigenvalue weighted by Gasteiger charge is -2.23. The summed E-state index contributed by atoms with van der Waals surface area (Å²) in [7, 11) is -3.62. The SMILES string of the molecule is CCc1ccc(S(=O)(=O)NCC(C)(O)c2cc(C)oc2C)s1. The topological polar surface area (TPSA) is 79.5 Å². The van der Waals surface area contributed by atoms with E-state index >= 15 is 0 Å². The van der Waals surface area contributed by atoms with Crippen LogP contribution in [0.25, 0.3) is 0 Å². The van der Waals surface area contributed by atoms with Crippen molar-refractivity contribution in [3.05, 3.63) is 40.2 Å². The summed E-state index contributed by atoms with van der Waals surface area (Å²) in [4.78, 5) is 1.01. The van der Waals surface area contributed by atoms with E-state index in [-0.39, 0.29) is 10.8 Å². The minimum absolute atomic E-state index is 0.117. The van der Waals surface area contributed by atoms with Crippen LogP contribution in [0.2, 0.25) is 0 Å². The third kappa shape index (κ3) is 3.60. The molecule has 2 N–H and O–H groups in total. The zero-order valence-electron chi connectivity index (χ0n) is 13.1. The largest absolute Gasteiger partial charge is 0.466 e. The van der Waals surface area contributed by atoms with Crippen molar-refractivity contribution >= 4 is 21.4 Å². The van der Waals surface area contributed by atoms with Crippen LogP contribution >= 0.6 is 11.3 Å². The lowest BCUT2D eigenvalue weighted by molar-refractivity contribution is 0.0612. The summed E-state index contributed by atoms with van der Waals surface area (Å²) in [5, 5.41) is 10.6. The van der Waals surface area contributed by atoms with E-state index in [2.05, 4.69) is 4.72 Å². The van der Waals surface area contributed by atoms with Gasteiger partial charge in [-0.2, -0.15) is 0 Å². The number of hydrogen-bond donors (Lipinski definition) is 2. The van der Waals surface area contributed by atoms with E-state index < -0.39 is 15.6 Å². The zero-order chi connectivity index (χ0) is 16.5. The molecule has 22 heavy (non-hydrogen) atoms. The van der Waals surface area contributed by atoms with Gasteiger partial charge in [-0.3, -0.25) is 0 Å². The van der Waals surface area contributed by atoms with Crippen LogP contribution in [0.3, 0.4) is 0 Å². The molecule has 0 aliphatic rings. The predicted octanol–water partition coefficient (Wildman–Crippen LogP) is 2.71. The third-order valence-corrected chi connectivity index (χ3v) is 6.60. The number of sulfonamides is 1. The van der Waals surface area contributed by atoms with E-state index in [4.69, 9.17) is 4.42 Å². The van der Waals surface area contributed by atoms with Gasteiger partial charge in [0.2, 0.25) is 10.0 Å². The van der Waals surface area contributed by atoms with Crippen molar-refractivity contribution in [3.8, 4) is 0 Å². The second-order valence-corrected chi connectivity index (χ2v) is 8.66. The summed E-state index contributed by atoms with van der Waals surface area (Å²) in [5.74, 6) is 1.27. The van der Waals surface area contributed by atoms with Crippen LogP contribution in [0.4, 0.5) is 0 Å². The van der Waals surface area contributed by atoms with Gasteiger partial charge in [-0.25, -0.2) is 13.1 Å². The minimum Gasteiger partial charge on any atom is -0.466 e. The van der Waals surface area contributed by atoms with Crippen LogP contribution < -0.4 is 4.72 Å². The van der Waals surface area contributed by atoms with Gasteiger partial charge in [0.25, 0.3) is 0 Å². The van der Waals surface area contributed by atoms with Gasteiger partial charge in [0, 0.05) is 17.0 Å². The molecule has 0 fully saturated rings. The highest BCUT2D eigenvalue weighted by Crippen LogP contribution is 2.27. The number of rotatable bonds is 6. The van der Waals surface area contributed by atoms with Crippen LogP contribution in [-0.2, 0) is 22.0 Å². The Labute approximate surface area is 135 Å². The maximum Gasteiger partial charge on any atom is 0.250 e. The van der Waals surface area contributed by atoms with Crippen molar-refractivity contribution in [2.75, 3.05) is 6.54 Å². The Morgan fingerprint density at radius 2 is 2.05 bits per heavy atom. The fourth-order valence-electron chi connectivity index (χ4n) is 2.26. The van der Waals surface area contributed by atoms with Gasteiger partial charge in [0.1, 0.15) is 21.3 Å². The van der Waals surface area contributed by atoms with E-state index in [1.54, 1.807) is 39.0 Å². The van der Waals surface area contributed by atoms with Crippen LogP contribution in [-0.4, -0.2) is 20.1 Å². The van der Waals surface area contributed by atoms with Gasteiger partial charge in [-0.05, 0) is 45.4 Å². The first-order valence-corrected chi connectivity index (χ1v) is 9.34. The van der Waals surface area contributed by atoms with E-state index in [0.717, 1.165) is 11.3 Å². The van der Waals surface area contributed by atoms with E-state index in [1.807, 2.05) is 6.92 Å². The van der Waals surface area contributed by atoms with Crippen molar-refractivity contribution in [1.29, 1.82) is 0 Å². The van der Waals surface area contributed by atoms with Gasteiger partial charge in [0.05, 0.1) is 0 Å². The lowest BCUT2D eigenvalue weighted by Crippen LogP contribution is -2.38. The molecule has 0 aliphatic heterocycles. The molecule has 2 heterocycles. The van der Waals surface area contributed by atoms with Gasteiger partial charge in [-0.1, -0.05) is 6.92 Å². The number of furan rings is 1. The molecule has 0 amide bonds. The maximum atomic E-state index is 12.3. The molecule has 0 spiro atoms. The molecule has 122 valence electrons. The quantitative estimate of drug-likeness (QED) is 0.845. The van der Waals surface area contributed by atoms with Crippen molar-refractivity contribution in [2.24, 2.45) is 0 Å². The lowest BCUT2D eigenvalue weighted by atomic mass is 9.97. The number of hydrogen-bond acceptors (Lipinski definition) is 5. The molecule has 0 bridgehead atoms. The number of nitrogens with one attached hydrogen (secondary N) is 1. The molecule has 0 aromatic carbocycles. The summed E-state index contributed by atoms with van der Waals surface area (Å²) in [6.45, 7) is 6.96. The third-order valence-electron chi connectivity index (χ3n) is 3.48. The Balaban J connectivity index is 2.15. The van der Waals surface area contributed by atoms with Crippen LogP contribution in [0.1, 0.15) is 35.8 Å². The van der Waals surface area contributed by atoms with Crippen LogP contribution in [0.5, 0.6) is 0 Å². The maximum absolute atomic E-state index is 12.3.